The number of aryl methyl sites for hydroxylation is 1. The third kappa shape index (κ3) is 4.97. The maximum absolute atomic E-state index is 5.81. The number of rotatable bonds is 7. The summed E-state index contributed by atoms with van der Waals surface area (Å²) >= 11 is 0. The van der Waals surface area contributed by atoms with Crippen LogP contribution < -0.4 is 4.74 Å². The molecule has 0 spiro atoms. The van der Waals surface area contributed by atoms with Gasteiger partial charge in [-0.3, -0.25) is 0 Å². The lowest BCUT2D eigenvalue weighted by Gasteiger charge is -2.12. The van der Waals surface area contributed by atoms with Crippen molar-refractivity contribution in [2.45, 2.75) is 13.3 Å². The number of likely N-dealkylation sites (N-methyl/N-ethyl adjacent to an activating group) is 1. The number of ether oxygens (including phenoxy) is 1. The molecule has 0 aliphatic rings. The predicted molar refractivity (Wildman–Crippen MR) is 90.8 cm³/mol. The smallest absolute Gasteiger partial charge is 0.119 e. The molecule has 4 nitrogen and oxygen atoms in total. The molecule has 0 bridgehead atoms. The fourth-order valence-corrected chi connectivity index (χ4v) is 2.06. The Morgan fingerprint density at radius 2 is 2.05 bits per heavy atom. The lowest BCUT2D eigenvalue weighted by atomic mass is 10.0. The maximum atomic E-state index is 5.81. The first-order valence-electron chi connectivity index (χ1n) is 7.53. The monoisotopic (exact) mass is 297 g/mol. The van der Waals surface area contributed by atoms with E-state index in [4.69, 9.17) is 4.74 Å². The largest absolute Gasteiger partial charge is 0.492 e. The second kappa shape index (κ2) is 8.29. The lowest BCUT2D eigenvalue weighted by Crippen LogP contribution is -2.19. The number of hydrogen-bond acceptors (Lipinski definition) is 4. The van der Waals surface area contributed by atoms with Gasteiger partial charge >= 0.3 is 0 Å². The van der Waals surface area contributed by atoms with E-state index in [9.17, 15) is 0 Å². The Bertz CT molecular complexity index is 609. The van der Waals surface area contributed by atoms with E-state index in [1.807, 2.05) is 32.3 Å². The molecular formula is C18H23N3O. The van der Waals surface area contributed by atoms with Gasteiger partial charge in [0.15, 0.2) is 0 Å². The summed E-state index contributed by atoms with van der Waals surface area (Å²) < 4.78 is 5.81. The fraction of sp³-hybridized carbons (Fsp3) is 0.333. The van der Waals surface area contributed by atoms with Crippen LogP contribution in [-0.4, -0.2) is 42.1 Å². The molecule has 22 heavy (non-hydrogen) atoms. The van der Waals surface area contributed by atoms with E-state index >= 15 is 0 Å². The van der Waals surface area contributed by atoms with Crippen molar-refractivity contribution in [1.82, 2.24) is 14.9 Å². The van der Waals surface area contributed by atoms with E-state index < -0.39 is 0 Å². The van der Waals surface area contributed by atoms with Crippen molar-refractivity contribution in [3.8, 4) is 5.75 Å². The van der Waals surface area contributed by atoms with Crippen molar-refractivity contribution in [3.05, 3.63) is 53.6 Å². The summed E-state index contributed by atoms with van der Waals surface area (Å²) in [6, 6.07) is 8.15. The molecule has 0 fully saturated rings. The molecule has 2 aromatic rings. The first-order valence-corrected chi connectivity index (χ1v) is 7.53. The Labute approximate surface area is 132 Å². The Kier molecular flexibility index (Phi) is 6.10. The van der Waals surface area contributed by atoms with Gasteiger partial charge in [0.05, 0.1) is 5.69 Å². The Balaban J connectivity index is 2.12. The highest BCUT2D eigenvalue weighted by Gasteiger charge is 2.02. The third-order valence-electron chi connectivity index (χ3n) is 3.34. The molecule has 2 rings (SSSR count). The van der Waals surface area contributed by atoms with E-state index in [1.54, 1.807) is 12.5 Å². The highest BCUT2D eigenvalue weighted by molar-refractivity contribution is 5.70. The Hall–Kier alpha value is -2.20. The molecule has 0 amide bonds. The summed E-state index contributed by atoms with van der Waals surface area (Å²) in [5, 5.41) is 0. The van der Waals surface area contributed by atoms with Crippen LogP contribution in [-0.2, 0) is 6.42 Å². The summed E-state index contributed by atoms with van der Waals surface area (Å²) in [7, 11) is 4.08. The first kappa shape index (κ1) is 16.2. The minimum atomic E-state index is 0.688. The molecule has 4 heteroatoms. The van der Waals surface area contributed by atoms with Gasteiger partial charge in [-0.1, -0.05) is 19.1 Å². The zero-order valence-corrected chi connectivity index (χ0v) is 13.5. The predicted octanol–water partition coefficient (Wildman–Crippen LogP) is 3.15. The minimum Gasteiger partial charge on any atom is -0.492 e. The van der Waals surface area contributed by atoms with E-state index in [1.165, 1.54) is 11.1 Å². The summed E-state index contributed by atoms with van der Waals surface area (Å²) in [6.45, 7) is 3.75. The molecule has 0 unspecified atom stereocenters. The molecule has 0 saturated carbocycles. The quantitative estimate of drug-likeness (QED) is 0.787. The minimum absolute atomic E-state index is 0.688. The average Bonchev–Trinajstić information content (AvgIpc) is 2.54. The van der Waals surface area contributed by atoms with E-state index in [0.29, 0.717) is 6.61 Å². The Morgan fingerprint density at radius 1 is 1.18 bits per heavy atom. The summed E-state index contributed by atoms with van der Waals surface area (Å²) in [4.78, 5) is 10.2. The number of nitrogens with zero attached hydrogens (tertiary/aromatic N) is 3. The van der Waals surface area contributed by atoms with Crippen molar-refractivity contribution in [2.24, 2.45) is 0 Å². The Morgan fingerprint density at radius 3 is 2.73 bits per heavy atom. The van der Waals surface area contributed by atoms with Crippen LogP contribution in [0, 0.1) is 0 Å². The van der Waals surface area contributed by atoms with Gasteiger partial charge in [-0.25, -0.2) is 9.97 Å². The average molecular weight is 297 g/mol. The number of hydrogen-bond donors (Lipinski definition) is 0. The highest BCUT2D eigenvalue weighted by Crippen LogP contribution is 2.20. The van der Waals surface area contributed by atoms with Gasteiger partial charge in [-0.05, 0) is 55.9 Å². The van der Waals surface area contributed by atoms with Gasteiger partial charge in [0, 0.05) is 12.7 Å². The molecule has 1 heterocycles. The number of aromatic nitrogens is 2. The van der Waals surface area contributed by atoms with E-state index in [2.05, 4.69) is 40.0 Å². The van der Waals surface area contributed by atoms with Gasteiger partial charge in [0.2, 0.25) is 0 Å². The van der Waals surface area contributed by atoms with Gasteiger partial charge < -0.3 is 9.64 Å². The van der Waals surface area contributed by atoms with Crippen LogP contribution in [0.4, 0.5) is 0 Å². The molecule has 0 saturated heterocycles. The van der Waals surface area contributed by atoms with Crippen molar-refractivity contribution < 1.29 is 4.74 Å². The van der Waals surface area contributed by atoms with Gasteiger partial charge in [0.1, 0.15) is 18.7 Å². The van der Waals surface area contributed by atoms with Gasteiger partial charge in [-0.15, -0.1) is 0 Å². The zero-order chi connectivity index (χ0) is 15.8. The standard InChI is InChI=1S/C18H23N3O/c1-4-15-6-8-18(22-12-11-21(2)3)13-16(15)5-7-17-9-10-19-14-20-17/h5-10,13-14H,4,11-12H2,1-3H3. The number of benzene rings is 1. The van der Waals surface area contributed by atoms with E-state index in [0.717, 1.165) is 24.4 Å². The first-order chi connectivity index (χ1) is 10.7. The van der Waals surface area contributed by atoms with Crippen LogP contribution in [0.1, 0.15) is 23.7 Å². The highest BCUT2D eigenvalue weighted by atomic mass is 16.5. The topological polar surface area (TPSA) is 38.2 Å². The van der Waals surface area contributed by atoms with Crippen LogP contribution in [0.3, 0.4) is 0 Å². The molecule has 0 atom stereocenters. The summed E-state index contributed by atoms with van der Waals surface area (Å²) in [6.07, 6.45) is 8.37. The molecule has 0 aliphatic carbocycles. The van der Waals surface area contributed by atoms with E-state index in [-0.39, 0.29) is 0 Å². The molecular weight excluding hydrogens is 274 g/mol. The van der Waals surface area contributed by atoms with Crippen molar-refractivity contribution in [3.63, 3.8) is 0 Å². The fourth-order valence-electron chi connectivity index (χ4n) is 2.06. The van der Waals surface area contributed by atoms with Crippen LogP contribution in [0.2, 0.25) is 0 Å². The lowest BCUT2D eigenvalue weighted by molar-refractivity contribution is 0.261. The summed E-state index contributed by atoms with van der Waals surface area (Å²) in [5.74, 6) is 0.904. The SMILES string of the molecule is CCc1ccc(OCCN(C)C)cc1C=Cc1ccncn1. The van der Waals surface area contributed by atoms with Crippen LogP contribution >= 0.6 is 0 Å². The zero-order valence-electron chi connectivity index (χ0n) is 13.5. The molecule has 0 N–H and O–H groups in total. The second-order valence-corrected chi connectivity index (χ2v) is 5.33. The maximum Gasteiger partial charge on any atom is 0.119 e. The van der Waals surface area contributed by atoms with Crippen molar-refractivity contribution >= 4 is 12.2 Å². The van der Waals surface area contributed by atoms with Gasteiger partial charge in [0.25, 0.3) is 0 Å². The molecule has 1 aromatic heterocycles. The van der Waals surface area contributed by atoms with Crippen molar-refractivity contribution in [1.29, 1.82) is 0 Å². The second-order valence-electron chi connectivity index (χ2n) is 5.33. The van der Waals surface area contributed by atoms with Crippen LogP contribution in [0.5, 0.6) is 5.75 Å². The van der Waals surface area contributed by atoms with Crippen LogP contribution in [0.25, 0.3) is 12.2 Å². The van der Waals surface area contributed by atoms with Crippen LogP contribution in [0.15, 0.2) is 36.8 Å². The van der Waals surface area contributed by atoms with Crippen molar-refractivity contribution in [2.75, 3.05) is 27.2 Å². The molecule has 0 aliphatic heterocycles. The molecule has 0 radical (unpaired) electrons. The summed E-state index contributed by atoms with van der Waals surface area (Å²) in [5.41, 5.74) is 3.37. The third-order valence-corrected chi connectivity index (χ3v) is 3.34. The normalized spacial score (nSPS) is 11.3. The molecule has 1 aromatic carbocycles. The molecule has 116 valence electrons. The van der Waals surface area contributed by atoms with Gasteiger partial charge in [-0.2, -0.15) is 0 Å².